The lowest BCUT2D eigenvalue weighted by Crippen LogP contribution is -2.38. The third-order valence-electron chi connectivity index (χ3n) is 4.21. The summed E-state index contributed by atoms with van der Waals surface area (Å²) in [6, 6.07) is 9.74. The van der Waals surface area contributed by atoms with Crippen molar-refractivity contribution >= 4 is 17.2 Å². The fourth-order valence-corrected chi connectivity index (χ4v) is 3.76. The van der Waals surface area contributed by atoms with Crippen LogP contribution in [0.15, 0.2) is 41.1 Å². The third kappa shape index (κ3) is 3.17. The lowest BCUT2D eigenvalue weighted by molar-refractivity contribution is 0.0709. The monoisotopic (exact) mass is 315 g/mol. The fourth-order valence-electron chi connectivity index (χ4n) is 3.02. The van der Waals surface area contributed by atoms with Gasteiger partial charge in [-0.15, -0.1) is 0 Å². The van der Waals surface area contributed by atoms with Crippen molar-refractivity contribution < 1.29 is 9.53 Å². The zero-order valence-electron chi connectivity index (χ0n) is 12.8. The minimum atomic E-state index is 0.0906. The summed E-state index contributed by atoms with van der Waals surface area (Å²) < 4.78 is 5.58. The molecule has 0 spiro atoms. The molecule has 0 N–H and O–H groups in total. The Morgan fingerprint density at radius 1 is 1.27 bits per heavy atom. The van der Waals surface area contributed by atoms with Crippen LogP contribution < -0.4 is 4.74 Å². The van der Waals surface area contributed by atoms with E-state index in [9.17, 15) is 4.79 Å². The molecule has 1 aromatic heterocycles. The van der Waals surface area contributed by atoms with E-state index < -0.39 is 0 Å². The quantitative estimate of drug-likeness (QED) is 0.847. The largest absolute Gasteiger partial charge is 0.493 e. The van der Waals surface area contributed by atoms with Gasteiger partial charge in [-0.05, 0) is 60.2 Å². The maximum atomic E-state index is 12.7. The van der Waals surface area contributed by atoms with Crippen LogP contribution >= 0.6 is 11.3 Å². The van der Waals surface area contributed by atoms with E-state index in [1.54, 1.807) is 11.3 Å². The molecule has 3 rings (SSSR count). The van der Waals surface area contributed by atoms with Crippen molar-refractivity contribution in [1.29, 1.82) is 0 Å². The van der Waals surface area contributed by atoms with Gasteiger partial charge in [0.25, 0.3) is 5.91 Å². The number of carbonyl (C=O) groups is 1. The molecular weight excluding hydrogens is 294 g/mol. The van der Waals surface area contributed by atoms with Gasteiger partial charge in [-0.25, -0.2) is 0 Å². The maximum Gasteiger partial charge on any atom is 0.257 e. The molecule has 1 fully saturated rings. The van der Waals surface area contributed by atoms with Crippen molar-refractivity contribution in [2.75, 3.05) is 19.7 Å². The van der Waals surface area contributed by atoms with Crippen LogP contribution in [0.3, 0.4) is 0 Å². The molecule has 2 aromatic rings. The Labute approximate surface area is 135 Å². The topological polar surface area (TPSA) is 29.5 Å². The van der Waals surface area contributed by atoms with Crippen molar-refractivity contribution in [3.05, 3.63) is 52.2 Å². The molecule has 0 atom stereocenters. The van der Waals surface area contributed by atoms with E-state index in [1.807, 2.05) is 36.1 Å². The van der Waals surface area contributed by atoms with Gasteiger partial charge in [0.1, 0.15) is 5.75 Å². The van der Waals surface area contributed by atoms with Crippen LogP contribution in [0.25, 0.3) is 0 Å². The Morgan fingerprint density at radius 2 is 2.05 bits per heavy atom. The second-order valence-electron chi connectivity index (χ2n) is 5.55. The molecule has 1 aromatic carbocycles. The zero-order chi connectivity index (χ0) is 15.4. The summed E-state index contributed by atoms with van der Waals surface area (Å²) in [5.74, 6) is 1.38. The number of rotatable bonds is 4. The van der Waals surface area contributed by atoms with E-state index in [4.69, 9.17) is 4.74 Å². The molecule has 1 saturated heterocycles. The van der Waals surface area contributed by atoms with E-state index in [-0.39, 0.29) is 5.91 Å². The second-order valence-corrected chi connectivity index (χ2v) is 6.33. The van der Waals surface area contributed by atoms with Gasteiger partial charge >= 0.3 is 0 Å². The Balaban J connectivity index is 1.67. The maximum absolute atomic E-state index is 12.7. The molecule has 4 heteroatoms. The highest BCUT2D eigenvalue weighted by molar-refractivity contribution is 7.07. The number of hydrogen-bond donors (Lipinski definition) is 0. The average Bonchev–Trinajstić information content (AvgIpc) is 3.10. The van der Waals surface area contributed by atoms with Crippen LogP contribution in [0.2, 0.25) is 0 Å². The van der Waals surface area contributed by atoms with E-state index in [0.717, 1.165) is 25.9 Å². The smallest absolute Gasteiger partial charge is 0.257 e. The van der Waals surface area contributed by atoms with Crippen LogP contribution in [0, 0.1) is 0 Å². The van der Waals surface area contributed by atoms with Gasteiger partial charge in [0.15, 0.2) is 0 Å². The molecular formula is C18H21NO2S. The predicted molar refractivity (Wildman–Crippen MR) is 89.8 cm³/mol. The lowest BCUT2D eigenvalue weighted by Gasteiger charge is -2.32. The first kappa shape index (κ1) is 15.1. The Bertz CT molecular complexity index is 616. The third-order valence-corrected chi connectivity index (χ3v) is 4.92. The van der Waals surface area contributed by atoms with Crippen molar-refractivity contribution in [1.82, 2.24) is 4.90 Å². The van der Waals surface area contributed by atoms with Gasteiger partial charge in [0.05, 0.1) is 12.2 Å². The molecule has 1 aliphatic rings. The van der Waals surface area contributed by atoms with E-state index in [2.05, 4.69) is 16.8 Å². The summed E-state index contributed by atoms with van der Waals surface area (Å²) in [7, 11) is 0. The lowest BCUT2D eigenvalue weighted by atomic mass is 9.91. The standard InChI is InChI=1S/C18H21NO2S/c1-2-21-17-6-4-3-5-16(17)18(20)19-10-7-14(8-11-19)15-9-12-22-13-15/h3-6,9,12-14H,2,7-8,10-11H2,1H3. The molecule has 3 nitrogen and oxygen atoms in total. The van der Waals surface area contributed by atoms with E-state index in [1.165, 1.54) is 5.56 Å². The van der Waals surface area contributed by atoms with Crippen LogP contribution in [-0.2, 0) is 0 Å². The first-order valence-corrected chi connectivity index (χ1v) is 8.77. The van der Waals surface area contributed by atoms with Gasteiger partial charge in [-0.1, -0.05) is 12.1 Å². The van der Waals surface area contributed by atoms with Crippen molar-refractivity contribution in [3.63, 3.8) is 0 Å². The SMILES string of the molecule is CCOc1ccccc1C(=O)N1CCC(c2ccsc2)CC1. The fraction of sp³-hybridized carbons (Fsp3) is 0.389. The molecule has 22 heavy (non-hydrogen) atoms. The summed E-state index contributed by atoms with van der Waals surface area (Å²) >= 11 is 1.75. The van der Waals surface area contributed by atoms with Gasteiger partial charge < -0.3 is 9.64 Å². The predicted octanol–water partition coefficient (Wildman–Crippen LogP) is 4.17. The summed E-state index contributed by atoms with van der Waals surface area (Å²) in [5, 5.41) is 4.36. The van der Waals surface area contributed by atoms with Gasteiger partial charge in [-0.3, -0.25) is 4.79 Å². The highest BCUT2D eigenvalue weighted by Crippen LogP contribution is 2.30. The number of hydrogen-bond acceptors (Lipinski definition) is 3. The molecule has 1 aliphatic heterocycles. The molecule has 116 valence electrons. The second kappa shape index (κ2) is 6.97. The normalized spacial score (nSPS) is 15.8. The minimum absolute atomic E-state index is 0.0906. The van der Waals surface area contributed by atoms with Gasteiger partial charge in [0, 0.05) is 13.1 Å². The first-order valence-electron chi connectivity index (χ1n) is 7.82. The summed E-state index contributed by atoms with van der Waals surface area (Å²) in [6.07, 6.45) is 2.08. The molecule has 0 radical (unpaired) electrons. The highest BCUT2D eigenvalue weighted by Gasteiger charge is 2.26. The van der Waals surface area contributed by atoms with Crippen LogP contribution in [0.5, 0.6) is 5.75 Å². The van der Waals surface area contributed by atoms with Crippen LogP contribution in [-0.4, -0.2) is 30.5 Å². The highest BCUT2D eigenvalue weighted by atomic mass is 32.1. The number of thiophene rings is 1. The molecule has 0 saturated carbocycles. The Hall–Kier alpha value is -1.81. The number of carbonyl (C=O) groups excluding carboxylic acids is 1. The number of amides is 1. The molecule has 1 amide bonds. The zero-order valence-corrected chi connectivity index (χ0v) is 13.6. The van der Waals surface area contributed by atoms with Crippen molar-refractivity contribution in [2.24, 2.45) is 0 Å². The first-order chi connectivity index (χ1) is 10.8. The Kier molecular flexibility index (Phi) is 4.78. The van der Waals surface area contributed by atoms with Crippen LogP contribution in [0.4, 0.5) is 0 Å². The van der Waals surface area contributed by atoms with Crippen molar-refractivity contribution in [3.8, 4) is 5.75 Å². The Morgan fingerprint density at radius 3 is 2.73 bits per heavy atom. The van der Waals surface area contributed by atoms with E-state index in [0.29, 0.717) is 23.8 Å². The molecule has 2 heterocycles. The average molecular weight is 315 g/mol. The number of nitrogens with zero attached hydrogens (tertiary/aromatic N) is 1. The summed E-state index contributed by atoms with van der Waals surface area (Å²) in [5.41, 5.74) is 2.10. The number of likely N-dealkylation sites (tertiary alicyclic amines) is 1. The number of ether oxygens (including phenoxy) is 1. The molecule has 0 bridgehead atoms. The van der Waals surface area contributed by atoms with E-state index >= 15 is 0 Å². The van der Waals surface area contributed by atoms with Gasteiger partial charge in [0.2, 0.25) is 0 Å². The van der Waals surface area contributed by atoms with Crippen molar-refractivity contribution in [2.45, 2.75) is 25.7 Å². The molecule has 0 unspecified atom stereocenters. The number of piperidine rings is 1. The summed E-state index contributed by atoms with van der Waals surface area (Å²) in [4.78, 5) is 14.7. The van der Waals surface area contributed by atoms with Crippen LogP contribution in [0.1, 0.15) is 41.6 Å². The van der Waals surface area contributed by atoms with Gasteiger partial charge in [-0.2, -0.15) is 11.3 Å². The summed E-state index contributed by atoms with van der Waals surface area (Å²) in [6.45, 7) is 4.15. The number of benzene rings is 1. The molecule has 0 aliphatic carbocycles. The number of para-hydroxylation sites is 1. The minimum Gasteiger partial charge on any atom is -0.493 e.